The standard InChI is InChI=1S/C59H114O17P2/c1-8-10-11-23-33-40-56(61)69-46-54(76-59(64)43-36-29-22-21-26-32-39-52(7)9-2)48-73-77(65,66)71-44-53(60)45-72-78(67,68)74-49-55(47-70-57(62)41-34-27-20-16-18-25-31-38-51(5)6)75-58(63)42-35-28-19-15-13-12-14-17-24-30-37-50(3)4/h50-55,60H,8-49H2,1-7H3,(H,65,66)(H,67,68)/t52?,53-,54+,55+/m0/s1. The Morgan fingerprint density at radius 3 is 0.974 bits per heavy atom. The fourth-order valence-electron chi connectivity index (χ4n) is 8.56. The highest BCUT2D eigenvalue weighted by Crippen LogP contribution is 2.45. The number of carbonyl (C=O) groups is 4. The third-order valence-electron chi connectivity index (χ3n) is 13.7. The van der Waals surface area contributed by atoms with Gasteiger partial charge < -0.3 is 33.8 Å². The number of esters is 4. The maximum Gasteiger partial charge on any atom is 0.472 e. The minimum Gasteiger partial charge on any atom is -0.462 e. The Bertz CT molecular complexity index is 1560. The molecular weight excluding hydrogens is 1040 g/mol. The van der Waals surface area contributed by atoms with Crippen molar-refractivity contribution in [2.24, 2.45) is 17.8 Å². The van der Waals surface area contributed by atoms with Crippen LogP contribution in [0.5, 0.6) is 0 Å². The Morgan fingerprint density at radius 2 is 0.654 bits per heavy atom. The average Bonchev–Trinajstić information content (AvgIpc) is 3.39. The number of carbonyl (C=O) groups excluding carboxylic acids is 4. The molecule has 0 aliphatic carbocycles. The molecule has 0 aromatic carbocycles. The smallest absolute Gasteiger partial charge is 0.462 e. The van der Waals surface area contributed by atoms with Crippen LogP contribution in [-0.4, -0.2) is 96.7 Å². The molecule has 78 heavy (non-hydrogen) atoms. The number of unbranched alkanes of at least 4 members (excludes halogenated alkanes) is 24. The van der Waals surface area contributed by atoms with Crippen molar-refractivity contribution in [1.29, 1.82) is 0 Å². The van der Waals surface area contributed by atoms with Crippen LogP contribution in [0.3, 0.4) is 0 Å². The normalized spacial score (nSPS) is 14.9. The molecule has 0 aromatic heterocycles. The average molecular weight is 1160 g/mol. The topological polar surface area (TPSA) is 237 Å². The van der Waals surface area contributed by atoms with E-state index in [1.165, 1.54) is 77.0 Å². The second-order valence-electron chi connectivity index (χ2n) is 22.6. The van der Waals surface area contributed by atoms with Crippen molar-refractivity contribution in [3.8, 4) is 0 Å². The van der Waals surface area contributed by atoms with E-state index in [-0.39, 0.29) is 25.7 Å². The second kappa shape index (κ2) is 50.8. The second-order valence-corrected chi connectivity index (χ2v) is 25.5. The molecule has 0 spiro atoms. The van der Waals surface area contributed by atoms with Gasteiger partial charge in [-0.15, -0.1) is 0 Å². The lowest BCUT2D eigenvalue weighted by Gasteiger charge is -2.21. The van der Waals surface area contributed by atoms with E-state index < -0.39 is 97.5 Å². The van der Waals surface area contributed by atoms with Crippen molar-refractivity contribution in [1.82, 2.24) is 0 Å². The summed E-state index contributed by atoms with van der Waals surface area (Å²) >= 11 is 0. The summed E-state index contributed by atoms with van der Waals surface area (Å²) in [5.41, 5.74) is 0. The molecule has 0 aliphatic heterocycles. The van der Waals surface area contributed by atoms with Crippen LogP contribution in [0, 0.1) is 17.8 Å². The lowest BCUT2D eigenvalue weighted by atomic mass is 10.00. The molecule has 3 unspecified atom stereocenters. The molecule has 3 N–H and O–H groups in total. The van der Waals surface area contributed by atoms with Crippen LogP contribution in [0.2, 0.25) is 0 Å². The van der Waals surface area contributed by atoms with Crippen molar-refractivity contribution in [2.45, 2.75) is 298 Å². The summed E-state index contributed by atoms with van der Waals surface area (Å²) in [7, 11) is -9.87. The van der Waals surface area contributed by atoms with E-state index in [1.807, 2.05) is 0 Å². The first-order valence-electron chi connectivity index (χ1n) is 30.9. The van der Waals surface area contributed by atoms with Gasteiger partial charge in [-0.1, -0.05) is 228 Å². The Hall–Kier alpha value is -1.94. The molecule has 0 saturated carbocycles. The molecular formula is C59H114O17P2. The number of aliphatic hydroxyl groups excluding tert-OH is 1. The van der Waals surface area contributed by atoms with Crippen LogP contribution in [0.15, 0.2) is 0 Å². The van der Waals surface area contributed by atoms with Crippen LogP contribution >= 0.6 is 15.6 Å². The zero-order chi connectivity index (χ0) is 58.1. The van der Waals surface area contributed by atoms with E-state index in [0.717, 1.165) is 115 Å². The maximum absolute atomic E-state index is 12.9. The molecule has 0 radical (unpaired) electrons. The molecule has 0 rings (SSSR count). The van der Waals surface area contributed by atoms with Crippen LogP contribution in [0.4, 0.5) is 0 Å². The minimum absolute atomic E-state index is 0.101. The number of ether oxygens (including phenoxy) is 4. The van der Waals surface area contributed by atoms with Gasteiger partial charge in [-0.05, 0) is 43.4 Å². The monoisotopic (exact) mass is 1160 g/mol. The summed E-state index contributed by atoms with van der Waals surface area (Å²) in [6.45, 7) is 11.5. The lowest BCUT2D eigenvalue weighted by Crippen LogP contribution is -2.30. The Kier molecular flexibility index (Phi) is 49.5. The van der Waals surface area contributed by atoms with Crippen LogP contribution in [0.1, 0.15) is 280 Å². The third kappa shape index (κ3) is 52.2. The van der Waals surface area contributed by atoms with Crippen LogP contribution in [-0.2, 0) is 65.4 Å². The van der Waals surface area contributed by atoms with Crippen molar-refractivity contribution < 1.29 is 80.2 Å². The fourth-order valence-corrected chi connectivity index (χ4v) is 10.1. The predicted octanol–water partition coefficient (Wildman–Crippen LogP) is 15.6. The lowest BCUT2D eigenvalue weighted by molar-refractivity contribution is -0.161. The summed E-state index contributed by atoms with van der Waals surface area (Å²) in [6, 6.07) is 0. The van der Waals surface area contributed by atoms with E-state index in [0.29, 0.717) is 31.6 Å². The largest absolute Gasteiger partial charge is 0.472 e. The summed E-state index contributed by atoms with van der Waals surface area (Å²) in [4.78, 5) is 71.7. The third-order valence-corrected chi connectivity index (χ3v) is 15.6. The van der Waals surface area contributed by atoms with Gasteiger partial charge in [0.25, 0.3) is 0 Å². The van der Waals surface area contributed by atoms with Crippen molar-refractivity contribution in [2.75, 3.05) is 39.6 Å². The molecule has 0 aliphatic rings. The van der Waals surface area contributed by atoms with E-state index in [9.17, 15) is 43.2 Å². The highest BCUT2D eigenvalue weighted by Gasteiger charge is 2.30. The minimum atomic E-state index is -4.94. The van der Waals surface area contributed by atoms with Gasteiger partial charge >= 0.3 is 39.5 Å². The summed E-state index contributed by atoms with van der Waals surface area (Å²) in [5, 5.41) is 10.5. The van der Waals surface area contributed by atoms with E-state index in [4.69, 9.17) is 37.0 Å². The number of phosphoric acid groups is 2. The first kappa shape index (κ1) is 76.1. The van der Waals surface area contributed by atoms with Crippen LogP contribution in [0.25, 0.3) is 0 Å². The van der Waals surface area contributed by atoms with Gasteiger partial charge in [0.1, 0.15) is 19.3 Å². The fraction of sp³-hybridized carbons (Fsp3) is 0.932. The summed E-state index contributed by atoms with van der Waals surface area (Å²) in [6.07, 6.45) is 29.8. The Balaban J connectivity index is 5.20. The molecule has 0 saturated heterocycles. The van der Waals surface area contributed by atoms with E-state index in [1.54, 1.807) is 0 Å². The van der Waals surface area contributed by atoms with Crippen molar-refractivity contribution in [3.05, 3.63) is 0 Å². The predicted molar refractivity (Wildman–Crippen MR) is 308 cm³/mol. The number of aliphatic hydroxyl groups is 1. The number of hydrogen-bond donors (Lipinski definition) is 3. The van der Waals surface area contributed by atoms with Crippen molar-refractivity contribution >= 4 is 39.5 Å². The quantitative estimate of drug-likeness (QED) is 0.0222. The summed E-state index contributed by atoms with van der Waals surface area (Å²) < 4.78 is 67.6. The number of rotatable bonds is 57. The summed E-state index contributed by atoms with van der Waals surface area (Å²) in [5.74, 6) is 0.0210. The van der Waals surface area contributed by atoms with Gasteiger partial charge in [0.2, 0.25) is 0 Å². The molecule has 17 nitrogen and oxygen atoms in total. The SMILES string of the molecule is CCCCCCCC(=O)OC[C@H](COP(=O)(O)OC[C@H](O)COP(=O)(O)OC[C@@H](COC(=O)CCCCCCCCCC(C)C)OC(=O)CCCCCCCCCCCCC(C)C)OC(=O)CCCCCCCCC(C)CC. The van der Waals surface area contributed by atoms with Gasteiger partial charge in [0.15, 0.2) is 12.2 Å². The number of phosphoric ester groups is 2. The zero-order valence-electron chi connectivity index (χ0n) is 50.1. The van der Waals surface area contributed by atoms with Gasteiger partial charge in [-0.2, -0.15) is 0 Å². The van der Waals surface area contributed by atoms with Gasteiger partial charge in [-0.3, -0.25) is 37.3 Å². The molecule has 19 heteroatoms. The van der Waals surface area contributed by atoms with E-state index in [2.05, 4.69) is 48.5 Å². The molecule has 6 atom stereocenters. The van der Waals surface area contributed by atoms with Crippen molar-refractivity contribution in [3.63, 3.8) is 0 Å². The highest BCUT2D eigenvalue weighted by molar-refractivity contribution is 7.47. The van der Waals surface area contributed by atoms with Crippen LogP contribution < -0.4 is 0 Å². The molecule has 0 heterocycles. The molecule has 0 bridgehead atoms. The highest BCUT2D eigenvalue weighted by atomic mass is 31.2. The Labute approximate surface area is 473 Å². The first-order valence-corrected chi connectivity index (χ1v) is 33.9. The first-order chi connectivity index (χ1) is 37.3. The molecule has 462 valence electrons. The molecule has 0 aromatic rings. The van der Waals surface area contributed by atoms with Gasteiger partial charge in [0.05, 0.1) is 26.4 Å². The maximum atomic E-state index is 12.9. The van der Waals surface area contributed by atoms with Gasteiger partial charge in [-0.25, -0.2) is 9.13 Å². The molecule has 0 fully saturated rings. The Morgan fingerprint density at radius 1 is 0.372 bits per heavy atom. The van der Waals surface area contributed by atoms with Gasteiger partial charge in [0, 0.05) is 25.7 Å². The zero-order valence-corrected chi connectivity index (χ0v) is 51.9. The molecule has 0 amide bonds. The van der Waals surface area contributed by atoms with E-state index >= 15 is 0 Å². The number of hydrogen-bond acceptors (Lipinski definition) is 15.